The molecule has 0 saturated carbocycles. The van der Waals surface area contributed by atoms with Crippen LogP contribution in [0.4, 0.5) is 0 Å². The minimum Gasteiger partial charge on any atom is -0.497 e. The van der Waals surface area contributed by atoms with E-state index < -0.39 is 6.23 Å². The molecule has 0 saturated heterocycles. The minimum atomic E-state index is -0.437. The smallest absolute Gasteiger partial charge is 0.217 e. The van der Waals surface area contributed by atoms with Gasteiger partial charge in [0.05, 0.1) is 38.6 Å². The first-order valence-corrected chi connectivity index (χ1v) is 10.2. The average molecular weight is 416 g/mol. The molecule has 0 amide bonds. The molecular weight excluding hydrogens is 392 g/mol. The first kappa shape index (κ1) is 19.3. The van der Waals surface area contributed by atoms with Gasteiger partial charge in [0.15, 0.2) is 11.5 Å². The summed E-state index contributed by atoms with van der Waals surface area (Å²) < 4.78 is 23.1. The number of hydrogen-bond acceptors (Lipinski definition) is 6. The van der Waals surface area contributed by atoms with E-state index in [4.69, 9.17) is 24.0 Å². The molecule has 6 heteroatoms. The third-order valence-corrected chi connectivity index (χ3v) is 5.80. The molecule has 158 valence electrons. The number of hydrogen-bond donors (Lipinski definition) is 0. The highest BCUT2D eigenvalue weighted by Crippen LogP contribution is 2.50. The van der Waals surface area contributed by atoms with E-state index in [1.807, 2.05) is 59.6 Å². The van der Waals surface area contributed by atoms with Crippen LogP contribution >= 0.6 is 0 Å². The van der Waals surface area contributed by atoms with E-state index in [1.54, 1.807) is 21.3 Å². The average Bonchev–Trinajstić information content (AvgIpc) is 3.29. The van der Waals surface area contributed by atoms with Gasteiger partial charge in [0.1, 0.15) is 11.5 Å². The van der Waals surface area contributed by atoms with Crippen LogP contribution in [0.2, 0.25) is 0 Å². The molecule has 2 unspecified atom stereocenters. The Labute approximate surface area is 181 Å². The van der Waals surface area contributed by atoms with Crippen molar-refractivity contribution in [1.82, 2.24) is 5.01 Å². The van der Waals surface area contributed by atoms with Crippen molar-refractivity contribution in [3.05, 3.63) is 83.4 Å². The number of methoxy groups -OCH3 is 3. The Kier molecular flexibility index (Phi) is 4.90. The van der Waals surface area contributed by atoms with E-state index >= 15 is 0 Å². The maximum absolute atomic E-state index is 6.46. The van der Waals surface area contributed by atoms with Crippen molar-refractivity contribution >= 4 is 5.71 Å². The third kappa shape index (κ3) is 3.24. The summed E-state index contributed by atoms with van der Waals surface area (Å²) in [6.45, 7) is 0. The SMILES string of the molecule is COc1cccc(C2=NN3C(C2)c2ccccc2OC3c2cccc(OC)c2OC)c1. The summed E-state index contributed by atoms with van der Waals surface area (Å²) in [5.74, 6) is 2.99. The van der Waals surface area contributed by atoms with Crippen molar-refractivity contribution in [3.8, 4) is 23.0 Å². The zero-order chi connectivity index (χ0) is 21.4. The Morgan fingerprint density at radius 2 is 1.68 bits per heavy atom. The highest BCUT2D eigenvalue weighted by atomic mass is 16.5. The van der Waals surface area contributed by atoms with Gasteiger partial charge in [-0.25, -0.2) is 5.01 Å². The van der Waals surface area contributed by atoms with Crippen molar-refractivity contribution in [2.24, 2.45) is 5.10 Å². The van der Waals surface area contributed by atoms with Gasteiger partial charge < -0.3 is 18.9 Å². The number of para-hydroxylation sites is 2. The van der Waals surface area contributed by atoms with E-state index in [0.29, 0.717) is 11.5 Å². The molecule has 2 heterocycles. The Bertz CT molecular complexity index is 1140. The number of fused-ring (bicyclic) bond motifs is 3. The molecule has 0 N–H and O–H groups in total. The molecule has 0 aliphatic carbocycles. The molecule has 6 nitrogen and oxygen atoms in total. The topological polar surface area (TPSA) is 52.5 Å². The van der Waals surface area contributed by atoms with Crippen LogP contribution in [0.15, 0.2) is 71.8 Å². The molecule has 0 aromatic heterocycles. The predicted molar refractivity (Wildman–Crippen MR) is 118 cm³/mol. The summed E-state index contributed by atoms with van der Waals surface area (Å²) >= 11 is 0. The molecule has 2 aliphatic heterocycles. The zero-order valence-electron chi connectivity index (χ0n) is 17.7. The van der Waals surface area contributed by atoms with Gasteiger partial charge in [0.25, 0.3) is 0 Å². The van der Waals surface area contributed by atoms with Gasteiger partial charge >= 0.3 is 0 Å². The molecule has 0 radical (unpaired) electrons. The summed E-state index contributed by atoms with van der Waals surface area (Å²) in [6, 6.07) is 22.0. The van der Waals surface area contributed by atoms with Crippen LogP contribution < -0.4 is 18.9 Å². The van der Waals surface area contributed by atoms with Gasteiger partial charge in [-0.05, 0) is 30.3 Å². The first-order chi connectivity index (χ1) is 15.2. The van der Waals surface area contributed by atoms with Crippen molar-refractivity contribution in [3.63, 3.8) is 0 Å². The fourth-order valence-corrected chi connectivity index (χ4v) is 4.32. The zero-order valence-corrected chi connectivity index (χ0v) is 17.7. The predicted octanol–water partition coefficient (Wildman–Crippen LogP) is 4.95. The summed E-state index contributed by atoms with van der Waals surface area (Å²) in [4.78, 5) is 0. The number of benzene rings is 3. The highest BCUT2D eigenvalue weighted by Gasteiger charge is 2.42. The fourth-order valence-electron chi connectivity index (χ4n) is 4.32. The summed E-state index contributed by atoms with van der Waals surface area (Å²) in [7, 11) is 4.95. The van der Waals surface area contributed by atoms with Crippen LogP contribution in [0.3, 0.4) is 0 Å². The molecule has 31 heavy (non-hydrogen) atoms. The summed E-state index contributed by atoms with van der Waals surface area (Å²) in [6.07, 6.45) is 0.337. The van der Waals surface area contributed by atoms with Crippen LogP contribution in [0.25, 0.3) is 0 Å². The van der Waals surface area contributed by atoms with Crippen LogP contribution in [0.1, 0.15) is 35.4 Å². The molecule has 3 aromatic carbocycles. The molecule has 2 aliphatic rings. The number of ether oxygens (including phenoxy) is 4. The van der Waals surface area contributed by atoms with Crippen LogP contribution in [-0.2, 0) is 0 Å². The quantitative estimate of drug-likeness (QED) is 0.589. The lowest BCUT2D eigenvalue weighted by atomic mass is 9.95. The second-order valence-corrected chi connectivity index (χ2v) is 7.47. The normalized spacial score (nSPS) is 19.1. The maximum atomic E-state index is 6.46. The second-order valence-electron chi connectivity index (χ2n) is 7.47. The van der Waals surface area contributed by atoms with E-state index in [9.17, 15) is 0 Å². The number of nitrogens with zero attached hydrogens (tertiary/aromatic N) is 2. The number of rotatable bonds is 5. The van der Waals surface area contributed by atoms with Gasteiger partial charge in [0.2, 0.25) is 6.23 Å². The largest absolute Gasteiger partial charge is 0.497 e. The van der Waals surface area contributed by atoms with Crippen molar-refractivity contribution in [2.75, 3.05) is 21.3 Å². The first-order valence-electron chi connectivity index (χ1n) is 10.2. The van der Waals surface area contributed by atoms with Gasteiger partial charge in [-0.1, -0.05) is 36.4 Å². The van der Waals surface area contributed by atoms with Crippen LogP contribution in [0.5, 0.6) is 23.0 Å². The van der Waals surface area contributed by atoms with Gasteiger partial charge in [-0.15, -0.1) is 0 Å². The highest BCUT2D eigenvalue weighted by molar-refractivity contribution is 6.02. The van der Waals surface area contributed by atoms with E-state index in [1.165, 1.54) is 0 Å². The van der Waals surface area contributed by atoms with Crippen molar-refractivity contribution in [1.29, 1.82) is 0 Å². The Morgan fingerprint density at radius 3 is 2.48 bits per heavy atom. The standard InChI is InChI=1S/C25H24N2O4/c1-28-17-9-6-8-16(14-17)20-15-21-18-10-4-5-12-22(18)31-25(27(21)26-20)19-11-7-13-23(29-2)24(19)30-3/h4-14,21,25H,15H2,1-3H3. The monoisotopic (exact) mass is 416 g/mol. The molecule has 2 atom stereocenters. The lowest BCUT2D eigenvalue weighted by molar-refractivity contribution is -0.0205. The minimum absolute atomic E-state index is 0.0621. The summed E-state index contributed by atoms with van der Waals surface area (Å²) in [5, 5.41) is 7.05. The van der Waals surface area contributed by atoms with Crippen LogP contribution in [0, 0.1) is 0 Å². The third-order valence-electron chi connectivity index (χ3n) is 5.80. The maximum Gasteiger partial charge on any atom is 0.217 e. The lowest BCUT2D eigenvalue weighted by Crippen LogP contribution is -2.34. The lowest BCUT2D eigenvalue weighted by Gasteiger charge is -2.38. The van der Waals surface area contributed by atoms with Gasteiger partial charge in [-0.3, -0.25) is 0 Å². The molecule has 5 rings (SSSR count). The van der Waals surface area contributed by atoms with E-state index in [2.05, 4.69) is 12.1 Å². The molecule has 3 aromatic rings. The Hall–Kier alpha value is -3.67. The second kappa shape index (κ2) is 7.87. The van der Waals surface area contributed by atoms with Crippen molar-refractivity contribution < 1.29 is 18.9 Å². The van der Waals surface area contributed by atoms with E-state index in [0.717, 1.165) is 40.3 Å². The molecular formula is C25H24N2O4. The molecule has 0 fully saturated rings. The van der Waals surface area contributed by atoms with E-state index in [-0.39, 0.29) is 6.04 Å². The van der Waals surface area contributed by atoms with Crippen molar-refractivity contribution in [2.45, 2.75) is 18.7 Å². The van der Waals surface area contributed by atoms with Gasteiger partial charge in [-0.2, -0.15) is 5.10 Å². The Morgan fingerprint density at radius 1 is 0.871 bits per heavy atom. The fraction of sp³-hybridized carbons (Fsp3) is 0.240. The van der Waals surface area contributed by atoms with Crippen LogP contribution in [-0.4, -0.2) is 32.0 Å². The Balaban J connectivity index is 1.62. The molecule has 0 bridgehead atoms. The number of hydrazone groups is 1. The summed E-state index contributed by atoms with van der Waals surface area (Å²) in [5.41, 5.74) is 4.04. The van der Waals surface area contributed by atoms with Gasteiger partial charge in [0, 0.05) is 17.5 Å². The molecule has 0 spiro atoms.